The van der Waals surface area contributed by atoms with E-state index >= 15 is 0 Å². The van der Waals surface area contributed by atoms with Crippen molar-refractivity contribution < 1.29 is 0 Å². The molecule has 5 nitrogen and oxygen atoms in total. The summed E-state index contributed by atoms with van der Waals surface area (Å²) in [5.41, 5.74) is 0.748. The minimum atomic E-state index is -0.183. The fraction of sp³-hybridized carbons (Fsp3) is 0.667. The molecule has 0 aliphatic carbocycles. The first-order chi connectivity index (χ1) is 7.97. The van der Waals surface area contributed by atoms with E-state index in [-0.39, 0.29) is 11.1 Å². The Kier molecular flexibility index (Phi) is 4.69. The molecule has 0 aliphatic heterocycles. The topological polar surface area (TPSA) is 66.9 Å². The third-order valence-electron chi connectivity index (χ3n) is 2.94. The molecule has 0 amide bonds. The largest absolute Gasteiger partial charge is 0.317 e. The van der Waals surface area contributed by atoms with Gasteiger partial charge in [0.2, 0.25) is 0 Å². The van der Waals surface area contributed by atoms with E-state index in [1.54, 1.807) is 13.8 Å². The zero-order valence-electron chi connectivity index (χ0n) is 11.0. The van der Waals surface area contributed by atoms with Crippen LogP contribution in [0.4, 0.5) is 0 Å². The maximum atomic E-state index is 11.9. The van der Waals surface area contributed by atoms with Crippen LogP contribution in [0, 0.1) is 19.8 Å². The van der Waals surface area contributed by atoms with E-state index in [0.717, 1.165) is 13.1 Å². The highest BCUT2D eigenvalue weighted by Gasteiger charge is 2.09. The summed E-state index contributed by atoms with van der Waals surface area (Å²) < 4.78 is 1.41. The zero-order valence-corrected chi connectivity index (χ0v) is 11.0. The molecule has 0 bridgehead atoms. The summed E-state index contributed by atoms with van der Waals surface area (Å²) in [5, 5.41) is 5.83. The van der Waals surface area contributed by atoms with E-state index in [9.17, 15) is 9.59 Å². The molecule has 0 aliphatic rings. The molecule has 0 radical (unpaired) electrons. The molecule has 0 saturated carbocycles. The Balaban J connectivity index is 2.93. The Labute approximate surface area is 101 Å². The molecule has 1 heterocycles. The quantitative estimate of drug-likeness (QED) is 0.781. The average molecular weight is 239 g/mol. The maximum Gasteiger partial charge on any atom is 0.268 e. The van der Waals surface area contributed by atoms with Crippen LogP contribution in [0.5, 0.6) is 0 Å². The second-order valence-corrected chi connectivity index (χ2v) is 4.52. The van der Waals surface area contributed by atoms with Crippen LogP contribution in [0.2, 0.25) is 0 Å². The van der Waals surface area contributed by atoms with Crippen molar-refractivity contribution in [3.63, 3.8) is 0 Å². The first kappa shape index (κ1) is 13.7. The lowest BCUT2D eigenvalue weighted by molar-refractivity contribution is 0.410. The minimum absolute atomic E-state index is 0.106. The van der Waals surface area contributed by atoms with Gasteiger partial charge < -0.3 is 5.32 Å². The van der Waals surface area contributed by atoms with Crippen LogP contribution in [-0.4, -0.2) is 22.9 Å². The molecule has 1 rings (SSSR count). The molecular weight excluding hydrogens is 218 g/mol. The molecule has 1 aromatic heterocycles. The van der Waals surface area contributed by atoms with E-state index in [1.807, 2.05) is 13.8 Å². The fourth-order valence-electron chi connectivity index (χ4n) is 1.69. The van der Waals surface area contributed by atoms with Gasteiger partial charge in [-0.2, -0.15) is 0 Å². The van der Waals surface area contributed by atoms with Crippen LogP contribution >= 0.6 is 0 Å². The number of rotatable bonds is 5. The van der Waals surface area contributed by atoms with Gasteiger partial charge in [0, 0.05) is 17.7 Å². The fourth-order valence-corrected chi connectivity index (χ4v) is 1.69. The van der Waals surface area contributed by atoms with Gasteiger partial charge in [-0.1, -0.05) is 13.8 Å². The summed E-state index contributed by atoms with van der Waals surface area (Å²) in [6.45, 7) is 9.71. The summed E-state index contributed by atoms with van der Waals surface area (Å²) in [6.07, 6.45) is 0. The van der Waals surface area contributed by atoms with Gasteiger partial charge in [-0.25, -0.2) is 4.68 Å². The molecule has 0 aromatic carbocycles. The second kappa shape index (κ2) is 5.82. The first-order valence-corrected chi connectivity index (χ1v) is 5.98. The van der Waals surface area contributed by atoms with Gasteiger partial charge in [0.25, 0.3) is 11.1 Å². The molecule has 17 heavy (non-hydrogen) atoms. The smallest absolute Gasteiger partial charge is 0.268 e. The number of hydrogen-bond acceptors (Lipinski definition) is 3. The van der Waals surface area contributed by atoms with E-state index in [2.05, 4.69) is 10.4 Å². The van der Waals surface area contributed by atoms with Crippen LogP contribution in [-0.2, 0) is 6.54 Å². The molecule has 0 saturated heterocycles. The van der Waals surface area contributed by atoms with E-state index in [4.69, 9.17) is 0 Å². The molecule has 2 N–H and O–H groups in total. The Morgan fingerprint density at radius 2 is 1.94 bits per heavy atom. The Hall–Kier alpha value is -1.36. The molecule has 5 heteroatoms. The lowest BCUT2D eigenvalue weighted by Crippen LogP contribution is -2.36. The van der Waals surface area contributed by atoms with E-state index in [0.29, 0.717) is 23.6 Å². The standard InChI is InChI=1S/C12H21N3O2/c1-5-13-6-8(2)7-15-12(17)10(4)9(3)11(16)14-15/h8,13H,5-7H2,1-4H3,(H,14,16). The average Bonchev–Trinajstić information content (AvgIpc) is 2.30. The third-order valence-corrected chi connectivity index (χ3v) is 2.94. The van der Waals surface area contributed by atoms with Crippen molar-refractivity contribution in [1.82, 2.24) is 15.1 Å². The molecule has 96 valence electrons. The van der Waals surface area contributed by atoms with Gasteiger partial charge in [0.1, 0.15) is 0 Å². The number of H-pyrrole nitrogens is 1. The van der Waals surface area contributed by atoms with Crippen molar-refractivity contribution in [3.05, 3.63) is 31.8 Å². The van der Waals surface area contributed by atoms with Crippen LogP contribution in [0.3, 0.4) is 0 Å². The summed E-state index contributed by atoms with van der Waals surface area (Å²) in [6, 6.07) is 0. The van der Waals surface area contributed by atoms with Gasteiger partial charge in [0.05, 0.1) is 0 Å². The van der Waals surface area contributed by atoms with Gasteiger partial charge >= 0.3 is 0 Å². The summed E-state index contributed by atoms with van der Waals surface area (Å²) in [7, 11) is 0. The molecule has 0 fully saturated rings. The van der Waals surface area contributed by atoms with Crippen LogP contribution in [0.25, 0.3) is 0 Å². The number of nitrogens with zero attached hydrogens (tertiary/aromatic N) is 1. The van der Waals surface area contributed by atoms with Crippen molar-refractivity contribution in [2.45, 2.75) is 34.2 Å². The number of nitrogens with one attached hydrogen (secondary N) is 2. The predicted molar refractivity (Wildman–Crippen MR) is 68.5 cm³/mol. The summed E-state index contributed by atoms with van der Waals surface area (Å²) in [5.74, 6) is 0.297. The summed E-state index contributed by atoms with van der Waals surface area (Å²) in [4.78, 5) is 23.5. The van der Waals surface area contributed by atoms with Crippen molar-refractivity contribution in [3.8, 4) is 0 Å². The third kappa shape index (κ3) is 3.30. The maximum absolute atomic E-state index is 11.9. The highest BCUT2D eigenvalue weighted by Crippen LogP contribution is 1.97. The second-order valence-electron chi connectivity index (χ2n) is 4.52. The van der Waals surface area contributed by atoms with E-state index in [1.165, 1.54) is 4.68 Å². The van der Waals surface area contributed by atoms with Crippen molar-refractivity contribution >= 4 is 0 Å². The lowest BCUT2D eigenvalue weighted by Gasteiger charge is -2.14. The molecule has 1 atom stereocenters. The predicted octanol–water partition coefficient (Wildman–Crippen LogP) is 0.399. The van der Waals surface area contributed by atoms with Crippen molar-refractivity contribution in [2.24, 2.45) is 5.92 Å². The Morgan fingerprint density at radius 1 is 1.29 bits per heavy atom. The van der Waals surface area contributed by atoms with Crippen LogP contribution in [0.1, 0.15) is 25.0 Å². The number of hydrogen-bond donors (Lipinski definition) is 2. The molecular formula is C12H21N3O2. The molecule has 1 unspecified atom stereocenters. The molecule has 1 aromatic rings. The van der Waals surface area contributed by atoms with Gasteiger partial charge in [-0.3, -0.25) is 14.7 Å². The Bertz CT molecular complexity index is 488. The highest BCUT2D eigenvalue weighted by molar-refractivity contribution is 5.17. The monoisotopic (exact) mass is 239 g/mol. The van der Waals surface area contributed by atoms with Gasteiger partial charge in [-0.15, -0.1) is 0 Å². The lowest BCUT2D eigenvalue weighted by atomic mass is 10.1. The minimum Gasteiger partial charge on any atom is -0.317 e. The van der Waals surface area contributed by atoms with Crippen LogP contribution < -0.4 is 16.4 Å². The van der Waals surface area contributed by atoms with Crippen molar-refractivity contribution in [1.29, 1.82) is 0 Å². The van der Waals surface area contributed by atoms with Gasteiger partial charge in [0.15, 0.2) is 0 Å². The van der Waals surface area contributed by atoms with Crippen LogP contribution in [0.15, 0.2) is 9.59 Å². The number of aromatic amines is 1. The SMILES string of the molecule is CCNCC(C)Cn1[nH]c(=O)c(C)c(C)c1=O. The van der Waals surface area contributed by atoms with Gasteiger partial charge in [-0.05, 0) is 32.9 Å². The highest BCUT2D eigenvalue weighted by atomic mass is 16.2. The number of aromatic nitrogens is 2. The summed E-state index contributed by atoms with van der Waals surface area (Å²) >= 11 is 0. The first-order valence-electron chi connectivity index (χ1n) is 5.98. The zero-order chi connectivity index (χ0) is 13.0. The molecule has 0 spiro atoms. The van der Waals surface area contributed by atoms with Crippen molar-refractivity contribution in [2.75, 3.05) is 13.1 Å². The normalized spacial score (nSPS) is 12.7. The Morgan fingerprint density at radius 3 is 2.53 bits per heavy atom. The van der Waals surface area contributed by atoms with E-state index < -0.39 is 0 Å².